The molecule has 9 nitrogen and oxygen atoms in total. The lowest BCUT2D eigenvalue weighted by molar-refractivity contribution is -0.122. The van der Waals surface area contributed by atoms with Crippen LogP contribution in [-0.4, -0.2) is 44.7 Å². The van der Waals surface area contributed by atoms with E-state index in [4.69, 9.17) is 43.6 Å². The second kappa shape index (κ2) is 10.7. The molecule has 36 heavy (non-hydrogen) atoms. The molecule has 1 saturated carbocycles. The molecule has 0 unspecified atom stereocenters. The summed E-state index contributed by atoms with van der Waals surface area (Å²) in [6, 6.07) is 2.62. The van der Waals surface area contributed by atoms with Crippen LogP contribution < -0.4 is 16.4 Å². The summed E-state index contributed by atoms with van der Waals surface area (Å²) >= 11 is 12.6. The van der Waals surface area contributed by atoms with E-state index in [-0.39, 0.29) is 34.0 Å². The molecule has 192 valence electrons. The van der Waals surface area contributed by atoms with Crippen molar-refractivity contribution in [1.82, 2.24) is 19.5 Å². The molecule has 3 heterocycles. The maximum absolute atomic E-state index is 13.8. The van der Waals surface area contributed by atoms with Gasteiger partial charge in [0.15, 0.2) is 5.65 Å². The van der Waals surface area contributed by atoms with Gasteiger partial charge < -0.3 is 21.1 Å². The lowest BCUT2D eigenvalue weighted by Gasteiger charge is -2.29. The molecule has 5 rings (SSSR count). The van der Waals surface area contributed by atoms with E-state index < -0.39 is 5.82 Å². The van der Waals surface area contributed by atoms with E-state index in [2.05, 4.69) is 15.6 Å². The zero-order chi connectivity index (χ0) is 25.2. The van der Waals surface area contributed by atoms with Crippen molar-refractivity contribution in [2.75, 3.05) is 23.8 Å². The van der Waals surface area contributed by atoms with Gasteiger partial charge in [-0.3, -0.25) is 9.36 Å². The number of aromatic nitrogens is 4. The number of primary amides is 1. The molecule has 1 aliphatic carbocycles. The second-order valence-electron chi connectivity index (χ2n) is 9.37. The van der Waals surface area contributed by atoms with Crippen LogP contribution in [0, 0.1) is 11.7 Å². The SMILES string of the molecule is NC(=O)C1CCC(n2c(Nc3c(Cl)cc(F)cc3Cl)nc3cnc(N[C@H]4CCCOCC4)nc32)CC1. The molecule has 3 aromatic rings. The molecular weight excluding hydrogens is 508 g/mol. The average molecular weight is 536 g/mol. The number of amides is 1. The summed E-state index contributed by atoms with van der Waals surface area (Å²) in [5.74, 6) is 0.0495. The maximum Gasteiger partial charge on any atom is 0.224 e. The van der Waals surface area contributed by atoms with Crippen LogP contribution in [0.1, 0.15) is 51.0 Å². The topological polar surface area (TPSA) is 120 Å². The largest absolute Gasteiger partial charge is 0.381 e. The van der Waals surface area contributed by atoms with Gasteiger partial charge in [-0.05, 0) is 57.1 Å². The number of ether oxygens (including phenoxy) is 1. The van der Waals surface area contributed by atoms with Crippen LogP contribution in [0.2, 0.25) is 10.0 Å². The monoisotopic (exact) mass is 535 g/mol. The molecular formula is C24H28Cl2FN7O2. The van der Waals surface area contributed by atoms with Crippen LogP contribution in [-0.2, 0) is 9.53 Å². The van der Waals surface area contributed by atoms with Crippen molar-refractivity contribution in [3.05, 3.63) is 34.2 Å². The van der Waals surface area contributed by atoms with Crippen LogP contribution in [0.4, 0.5) is 22.0 Å². The zero-order valence-electron chi connectivity index (χ0n) is 19.6. The van der Waals surface area contributed by atoms with E-state index in [1.165, 1.54) is 12.1 Å². The minimum Gasteiger partial charge on any atom is -0.381 e. The first-order valence-corrected chi connectivity index (χ1v) is 12.9. The van der Waals surface area contributed by atoms with Gasteiger partial charge in [-0.1, -0.05) is 23.2 Å². The number of nitrogens with one attached hydrogen (secondary N) is 2. The Kier molecular flexibility index (Phi) is 7.45. The number of hydrogen-bond acceptors (Lipinski definition) is 7. The molecule has 1 saturated heterocycles. The molecule has 1 aliphatic heterocycles. The Balaban J connectivity index is 1.51. The van der Waals surface area contributed by atoms with Crippen molar-refractivity contribution in [1.29, 1.82) is 0 Å². The molecule has 0 radical (unpaired) electrons. The number of nitrogens with zero attached hydrogens (tertiary/aromatic N) is 4. The highest BCUT2D eigenvalue weighted by Gasteiger charge is 2.29. The fraction of sp³-hybridized carbons (Fsp3) is 0.500. The molecule has 4 N–H and O–H groups in total. The first-order chi connectivity index (χ1) is 17.4. The standard InChI is InChI=1S/C24H28Cl2FN7O2/c25-17-10-14(27)11-18(26)20(17)32-24-31-19-12-29-23(30-15-2-1-8-36-9-7-15)33-22(19)34(24)16-5-3-13(4-6-16)21(28)35/h10-13,15-16H,1-9H2,(H2,28,35)(H,31,32)(H,29,30,33)/t13?,15-,16?/m0/s1. The first-order valence-electron chi connectivity index (χ1n) is 12.2. The Bertz CT molecular complexity index is 1230. The van der Waals surface area contributed by atoms with Gasteiger partial charge in [0.2, 0.25) is 17.8 Å². The zero-order valence-corrected chi connectivity index (χ0v) is 21.2. The van der Waals surface area contributed by atoms with Gasteiger partial charge >= 0.3 is 0 Å². The molecule has 1 aromatic carbocycles. The number of benzene rings is 1. The normalized spacial score (nSPS) is 22.8. The third kappa shape index (κ3) is 5.35. The van der Waals surface area contributed by atoms with E-state index >= 15 is 0 Å². The fourth-order valence-corrected chi connectivity index (χ4v) is 5.57. The smallest absolute Gasteiger partial charge is 0.224 e. The Morgan fingerprint density at radius 2 is 1.83 bits per heavy atom. The van der Waals surface area contributed by atoms with E-state index in [9.17, 15) is 9.18 Å². The summed E-state index contributed by atoms with van der Waals surface area (Å²) in [5, 5.41) is 6.91. The summed E-state index contributed by atoms with van der Waals surface area (Å²) in [6.07, 6.45) is 7.33. The number of anilines is 3. The van der Waals surface area contributed by atoms with Crippen molar-refractivity contribution >= 4 is 57.9 Å². The average Bonchev–Trinajstić information content (AvgIpc) is 2.99. The number of imidazole rings is 1. The quantitative estimate of drug-likeness (QED) is 0.396. The summed E-state index contributed by atoms with van der Waals surface area (Å²) in [6.45, 7) is 1.47. The van der Waals surface area contributed by atoms with Gasteiger partial charge in [0, 0.05) is 31.2 Å². The van der Waals surface area contributed by atoms with E-state index in [1.807, 2.05) is 4.57 Å². The first kappa shape index (κ1) is 25.0. The number of nitrogens with two attached hydrogens (primary N) is 1. The van der Waals surface area contributed by atoms with E-state index in [0.29, 0.717) is 48.2 Å². The molecule has 1 atom stereocenters. The van der Waals surface area contributed by atoms with E-state index in [1.54, 1.807) is 6.20 Å². The summed E-state index contributed by atoms with van der Waals surface area (Å²) < 4.78 is 21.3. The highest BCUT2D eigenvalue weighted by atomic mass is 35.5. The van der Waals surface area contributed by atoms with Gasteiger partial charge in [-0.15, -0.1) is 0 Å². The number of carbonyl (C=O) groups excluding carboxylic acids is 1. The van der Waals surface area contributed by atoms with Crippen LogP contribution in [0.15, 0.2) is 18.3 Å². The number of fused-ring (bicyclic) bond motifs is 1. The molecule has 2 fully saturated rings. The fourth-order valence-electron chi connectivity index (χ4n) is 5.02. The Morgan fingerprint density at radius 3 is 2.56 bits per heavy atom. The predicted molar refractivity (Wildman–Crippen MR) is 137 cm³/mol. The lowest BCUT2D eigenvalue weighted by atomic mass is 9.85. The molecule has 1 amide bonds. The third-order valence-electron chi connectivity index (χ3n) is 6.93. The van der Waals surface area contributed by atoms with Gasteiger partial charge in [-0.2, -0.15) is 4.98 Å². The predicted octanol–water partition coefficient (Wildman–Crippen LogP) is 5.21. The molecule has 2 aliphatic rings. The van der Waals surface area contributed by atoms with Gasteiger partial charge in [0.1, 0.15) is 11.3 Å². The second-order valence-corrected chi connectivity index (χ2v) is 10.2. The van der Waals surface area contributed by atoms with Crippen molar-refractivity contribution in [2.45, 2.75) is 57.0 Å². The van der Waals surface area contributed by atoms with Gasteiger partial charge in [-0.25, -0.2) is 14.4 Å². The van der Waals surface area contributed by atoms with Gasteiger partial charge in [0.25, 0.3) is 0 Å². The van der Waals surface area contributed by atoms with Crippen LogP contribution in [0.25, 0.3) is 11.2 Å². The van der Waals surface area contributed by atoms with Crippen LogP contribution >= 0.6 is 23.2 Å². The van der Waals surface area contributed by atoms with Crippen molar-refractivity contribution in [3.63, 3.8) is 0 Å². The van der Waals surface area contributed by atoms with Crippen molar-refractivity contribution < 1.29 is 13.9 Å². The van der Waals surface area contributed by atoms with Crippen LogP contribution in [0.5, 0.6) is 0 Å². The number of hydrogen-bond donors (Lipinski definition) is 3. The van der Waals surface area contributed by atoms with E-state index in [0.717, 1.165) is 38.7 Å². The van der Waals surface area contributed by atoms with Crippen LogP contribution in [0.3, 0.4) is 0 Å². The van der Waals surface area contributed by atoms with Crippen molar-refractivity contribution in [3.8, 4) is 0 Å². The molecule has 0 bridgehead atoms. The Labute approximate surface area is 217 Å². The molecule has 12 heteroatoms. The number of carbonyl (C=O) groups is 1. The third-order valence-corrected chi connectivity index (χ3v) is 7.52. The number of halogens is 3. The molecule has 0 spiro atoms. The van der Waals surface area contributed by atoms with Gasteiger partial charge in [0.05, 0.1) is 21.9 Å². The summed E-state index contributed by atoms with van der Waals surface area (Å²) in [5.41, 5.74) is 7.15. The summed E-state index contributed by atoms with van der Waals surface area (Å²) in [7, 11) is 0. The summed E-state index contributed by atoms with van der Waals surface area (Å²) in [4.78, 5) is 25.8. The minimum atomic E-state index is -0.528. The molecule has 2 aromatic heterocycles. The number of rotatable bonds is 6. The Morgan fingerprint density at radius 1 is 1.08 bits per heavy atom. The minimum absolute atomic E-state index is 0.0140. The maximum atomic E-state index is 13.8. The highest BCUT2D eigenvalue weighted by molar-refractivity contribution is 6.39. The highest BCUT2D eigenvalue weighted by Crippen LogP contribution is 2.39. The van der Waals surface area contributed by atoms with Crippen molar-refractivity contribution in [2.24, 2.45) is 11.7 Å². The Hall–Kier alpha value is -2.69. The lowest BCUT2D eigenvalue weighted by Crippen LogP contribution is -2.29.